The topological polar surface area (TPSA) is 70.7 Å². The largest absolute Gasteiger partial charge is 0.370 e. The van der Waals surface area contributed by atoms with E-state index in [4.69, 9.17) is 5.73 Å². The van der Waals surface area contributed by atoms with Crippen molar-refractivity contribution in [2.75, 3.05) is 32.4 Å². The van der Waals surface area contributed by atoms with E-state index >= 15 is 0 Å². The molecule has 0 radical (unpaired) electrons. The zero-order valence-corrected chi connectivity index (χ0v) is 15.5. The van der Waals surface area contributed by atoms with Gasteiger partial charge in [0, 0.05) is 44.6 Å². The number of halogens is 1. The molecule has 1 aromatic rings. The number of thioether (sulfide) groups is 1. The minimum absolute atomic E-state index is 0.146. The number of guanidine groups is 1. The average molecular weight is 367 g/mol. The Kier molecular flexibility index (Phi) is 8.04. The van der Waals surface area contributed by atoms with Gasteiger partial charge in [-0.1, -0.05) is 18.2 Å². The molecule has 0 bridgehead atoms. The van der Waals surface area contributed by atoms with Gasteiger partial charge in [0.05, 0.1) is 0 Å². The maximum atomic E-state index is 13.6. The molecule has 1 aliphatic rings. The Morgan fingerprint density at radius 2 is 2.28 bits per heavy atom. The lowest BCUT2D eigenvalue weighted by Crippen LogP contribution is -2.47. The molecule has 3 N–H and O–H groups in total. The number of likely N-dealkylation sites (tertiary alicyclic amines) is 1. The normalized spacial score (nSPS) is 18.2. The van der Waals surface area contributed by atoms with Gasteiger partial charge in [0.15, 0.2) is 5.96 Å². The molecule has 1 unspecified atom stereocenters. The van der Waals surface area contributed by atoms with Crippen molar-refractivity contribution in [2.24, 2.45) is 16.6 Å². The predicted octanol–water partition coefficient (Wildman–Crippen LogP) is 2.22. The summed E-state index contributed by atoms with van der Waals surface area (Å²) < 4.78 is 13.6. The van der Waals surface area contributed by atoms with Crippen LogP contribution >= 0.6 is 11.8 Å². The Labute approximate surface area is 153 Å². The van der Waals surface area contributed by atoms with Gasteiger partial charge >= 0.3 is 0 Å². The summed E-state index contributed by atoms with van der Waals surface area (Å²) in [4.78, 5) is 17.7. The summed E-state index contributed by atoms with van der Waals surface area (Å²) >= 11 is 1.69. The number of benzene rings is 1. The zero-order valence-electron chi connectivity index (χ0n) is 14.7. The molecule has 1 aromatic carbocycles. The van der Waals surface area contributed by atoms with Gasteiger partial charge in [-0.3, -0.25) is 9.79 Å². The Morgan fingerprint density at radius 3 is 3.00 bits per heavy atom. The molecule has 138 valence electrons. The van der Waals surface area contributed by atoms with Crippen LogP contribution in [0.4, 0.5) is 4.39 Å². The number of carbonyl (C=O) groups excluding carboxylic acids is 1. The summed E-state index contributed by atoms with van der Waals surface area (Å²) in [5, 5.41) is 3.36. The van der Waals surface area contributed by atoms with Crippen molar-refractivity contribution in [1.82, 2.24) is 10.2 Å². The molecular weight excluding hydrogens is 339 g/mol. The van der Waals surface area contributed by atoms with Crippen LogP contribution in [0.3, 0.4) is 0 Å². The van der Waals surface area contributed by atoms with E-state index in [1.54, 1.807) is 24.9 Å². The fourth-order valence-corrected chi connectivity index (χ4v) is 3.92. The SMILES string of the molecule is CN=C(NCCSCc1ccccc1F)N1CCCC(CC(N)=O)C1. The number of rotatable bonds is 7. The van der Waals surface area contributed by atoms with Crippen LogP contribution in [0.2, 0.25) is 0 Å². The van der Waals surface area contributed by atoms with Crippen molar-refractivity contribution in [2.45, 2.75) is 25.0 Å². The first kappa shape index (κ1) is 19.6. The van der Waals surface area contributed by atoms with E-state index in [2.05, 4.69) is 15.2 Å². The van der Waals surface area contributed by atoms with E-state index in [1.807, 2.05) is 12.1 Å². The highest BCUT2D eigenvalue weighted by Crippen LogP contribution is 2.19. The summed E-state index contributed by atoms with van der Waals surface area (Å²) in [6, 6.07) is 6.88. The molecular formula is C18H27FN4OS. The van der Waals surface area contributed by atoms with Crippen LogP contribution in [-0.2, 0) is 10.5 Å². The second kappa shape index (κ2) is 10.3. The highest BCUT2D eigenvalue weighted by Gasteiger charge is 2.23. The smallest absolute Gasteiger partial charge is 0.217 e. The van der Waals surface area contributed by atoms with E-state index in [-0.39, 0.29) is 11.7 Å². The predicted molar refractivity (Wildman–Crippen MR) is 102 cm³/mol. The zero-order chi connectivity index (χ0) is 18.1. The van der Waals surface area contributed by atoms with Crippen molar-refractivity contribution >= 4 is 23.6 Å². The molecule has 0 saturated carbocycles. The van der Waals surface area contributed by atoms with E-state index in [0.717, 1.165) is 49.8 Å². The van der Waals surface area contributed by atoms with Crippen molar-refractivity contribution in [3.63, 3.8) is 0 Å². The molecule has 1 heterocycles. The fraction of sp³-hybridized carbons (Fsp3) is 0.556. The minimum Gasteiger partial charge on any atom is -0.370 e. The Balaban J connectivity index is 1.71. The first-order valence-corrected chi connectivity index (χ1v) is 9.80. The lowest BCUT2D eigenvalue weighted by molar-refractivity contribution is -0.119. The number of hydrogen-bond acceptors (Lipinski definition) is 3. The summed E-state index contributed by atoms with van der Waals surface area (Å²) in [6.07, 6.45) is 2.52. The average Bonchev–Trinajstić information content (AvgIpc) is 2.59. The van der Waals surface area contributed by atoms with Crippen LogP contribution in [0.1, 0.15) is 24.8 Å². The Morgan fingerprint density at radius 1 is 1.48 bits per heavy atom. The third-order valence-electron chi connectivity index (χ3n) is 4.27. The number of hydrogen-bond donors (Lipinski definition) is 2. The number of piperidine rings is 1. The molecule has 1 amide bonds. The second-order valence-electron chi connectivity index (χ2n) is 6.24. The minimum atomic E-state index is -0.237. The van der Waals surface area contributed by atoms with Crippen molar-refractivity contribution in [3.8, 4) is 0 Å². The van der Waals surface area contributed by atoms with Crippen molar-refractivity contribution in [3.05, 3.63) is 35.6 Å². The van der Waals surface area contributed by atoms with E-state index in [9.17, 15) is 9.18 Å². The van der Waals surface area contributed by atoms with Gasteiger partial charge in [0.25, 0.3) is 0 Å². The van der Waals surface area contributed by atoms with Gasteiger partial charge < -0.3 is 16.0 Å². The third kappa shape index (κ3) is 6.57. The van der Waals surface area contributed by atoms with Crippen LogP contribution in [-0.4, -0.2) is 49.2 Å². The van der Waals surface area contributed by atoms with Gasteiger partial charge in [-0.15, -0.1) is 0 Å². The maximum Gasteiger partial charge on any atom is 0.217 e. The molecule has 0 spiro atoms. The molecule has 0 aromatic heterocycles. The number of carbonyl (C=O) groups is 1. The number of primary amides is 1. The lowest BCUT2D eigenvalue weighted by Gasteiger charge is -2.34. The molecule has 1 atom stereocenters. The van der Waals surface area contributed by atoms with Crippen molar-refractivity contribution in [1.29, 1.82) is 0 Å². The molecule has 1 aliphatic heterocycles. The van der Waals surface area contributed by atoms with Gasteiger partial charge in [-0.2, -0.15) is 11.8 Å². The first-order chi connectivity index (χ1) is 12.1. The molecule has 25 heavy (non-hydrogen) atoms. The summed E-state index contributed by atoms with van der Waals surface area (Å²) in [6.45, 7) is 2.52. The van der Waals surface area contributed by atoms with Crippen LogP contribution in [0, 0.1) is 11.7 Å². The number of aliphatic imine (C=N–C) groups is 1. The van der Waals surface area contributed by atoms with E-state index in [0.29, 0.717) is 18.1 Å². The summed E-state index contributed by atoms with van der Waals surface area (Å²) in [5.41, 5.74) is 6.05. The molecule has 5 nitrogen and oxygen atoms in total. The first-order valence-electron chi connectivity index (χ1n) is 8.65. The van der Waals surface area contributed by atoms with Crippen LogP contribution in [0.15, 0.2) is 29.3 Å². The number of nitrogens with two attached hydrogens (primary N) is 1. The fourth-order valence-electron chi connectivity index (χ4n) is 3.07. The van der Waals surface area contributed by atoms with E-state index in [1.165, 1.54) is 6.07 Å². The quantitative estimate of drug-likeness (QED) is 0.441. The highest BCUT2D eigenvalue weighted by molar-refractivity contribution is 7.98. The Hall–Kier alpha value is -1.76. The van der Waals surface area contributed by atoms with Crippen molar-refractivity contribution < 1.29 is 9.18 Å². The van der Waals surface area contributed by atoms with E-state index < -0.39 is 0 Å². The van der Waals surface area contributed by atoms with Crippen LogP contribution in [0.5, 0.6) is 0 Å². The summed E-state index contributed by atoms with van der Waals surface area (Å²) in [5.74, 6) is 2.32. The molecule has 0 aliphatic carbocycles. The lowest BCUT2D eigenvalue weighted by atomic mass is 9.95. The third-order valence-corrected chi connectivity index (χ3v) is 5.27. The number of nitrogens with one attached hydrogen (secondary N) is 1. The van der Waals surface area contributed by atoms with Crippen LogP contribution in [0.25, 0.3) is 0 Å². The number of amides is 1. The molecule has 7 heteroatoms. The standard InChI is InChI=1S/C18H27FN4OS/c1-21-18(23-9-4-5-14(12-23)11-17(20)24)22-8-10-25-13-15-6-2-3-7-16(15)19/h2-3,6-7,14H,4-5,8-13H2,1H3,(H2,20,24)(H,21,22). The maximum absolute atomic E-state index is 13.6. The van der Waals surface area contributed by atoms with Crippen LogP contribution < -0.4 is 11.1 Å². The second-order valence-corrected chi connectivity index (χ2v) is 7.35. The molecule has 1 fully saturated rings. The number of nitrogens with zero attached hydrogens (tertiary/aromatic N) is 2. The monoisotopic (exact) mass is 366 g/mol. The van der Waals surface area contributed by atoms with Gasteiger partial charge in [-0.05, 0) is 30.4 Å². The molecule has 1 saturated heterocycles. The summed E-state index contributed by atoms with van der Waals surface area (Å²) in [7, 11) is 1.77. The molecule has 2 rings (SSSR count). The highest BCUT2D eigenvalue weighted by atomic mass is 32.2. The van der Waals surface area contributed by atoms with Gasteiger partial charge in [-0.25, -0.2) is 4.39 Å². The Bertz CT molecular complexity index is 596. The van der Waals surface area contributed by atoms with Gasteiger partial charge in [0.1, 0.15) is 5.82 Å². The van der Waals surface area contributed by atoms with Gasteiger partial charge in [0.2, 0.25) is 5.91 Å².